The minimum atomic E-state index is -3.61. The Labute approximate surface area is 169 Å². The maximum atomic E-state index is 12.1. The van der Waals surface area contributed by atoms with Crippen LogP contribution in [0.15, 0.2) is 35.5 Å². The second-order valence-electron chi connectivity index (χ2n) is 7.64. The first kappa shape index (κ1) is 19.8. The van der Waals surface area contributed by atoms with Crippen molar-refractivity contribution >= 4 is 26.8 Å². The molecule has 3 N–H and O–H groups in total. The molecule has 2 heterocycles. The third-order valence-electron chi connectivity index (χ3n) is 5.31. The maximum Gasteiger partial charge on any atom is 0.250 e. The summed E-state index contributed by atoms with van der Waals surface area (Å²) in [7, 11) is -3.61. The van der Waals surface area contributed by atoms with E-state index in [0.29, 0.717) is 29.3 Å². The Morgan fingerprint density at radius 3 is 2.55 bits per heavy atom. The first-order chi connectivity index (χ1) is 13.9. The zero-order valence-corrected chi connectivity index (χ0v) is 17.1. The Morgan fingerprint density at radius 2 is 1.90 bits per heavy atom. The average Bonchev–Trinajstić information content (AvgIpc) is 3.37. The molecule has 154 valence electrons. The highest BCUT2D eigenvalue weighted by Crippen LogP contribution is 2.34. The first-order valence-corrected chi connectivity index (χ1v) is 11.7. The molecule has 1 aliphatic carbocycles. The van der Waals surface area contributed by atoms with Gasteiger partial charge in [-0.2, -0.15) is 9.97 Å². The van der Waals surface area contributed by atoms with Crippen LogP contribution in [-0.4, -0.2) is 52.4 Å². The molecule has 0 saturated heterocycles. The van der Waals surface area contributed by atoms with Crippen LogP contribution in [0.2, 0.25) is 0 Å². The summed E-state index contributed by atoms with van der Waals surface area (Å²) in [6, 6.07) is 9.45. The third-order valence-corrected chi connectivity index (χ3v) is 6.15. The number of fused-ring (bicyclic) bond motifs is 1. The summed E-state index contributed by atoms with van der Waals surface area (Å²) in [6.45, 7) is -0.127. The fourth-order valence-electron chi connectivity index (χ4n) is 3.81. The Kier molecular flexibility index (Phi) is 5.51. The number of aliphatic hydroxyl groups is 1. The van der Waals surface area contributed by atoms with Crippen LogP contribution in [0.1, 0.15) is 43.0 Å². The van der Waals surface area contributed by atoms with Crippen molar-refractivity contribution in [2.75, 3.05) is 18.2 Å². The quantitative estimate of drug-likeness (QED) is 0.507. The van der Waals surface area contributed by atoms with Gasteiger partial charge in [-0.05, 0) is 24.8 Å². The summed E-state index contributed by atoms with van der Waals surface area (Å²) < 4.78 is 24.2. The molecule has 8 nitrogen and oxygen atoms in total. The highest BCUT2D eigenvalue weighted by molar-refractivity contribution is 7.90. The minimum Gasteiger partial charge on any atom is -0.394 e. The molecule has 1 saturated carbocycles. The van der Waals surface area contributed by atoms with E-state index in [1.165, 1.54) is 0 Å². The number of imidazole rings is 1. The molecule has 0 bridgehead atoms. The normalized spacial score (nSPS) is 16.3. The third kappa shape index (κ3) is 4.40. The van der Waals surface area contributed by atoms with Crippen LogP contribution in [0.5, 0.6) is 0 Å². The number of hydrogen-bond acceptors (Lipinski definition) is 7. The number of aromatic amines is 1. The van der Waals surface area contributed by atoms with Crippen LogP contribution >= 0.6 is 0 Å². The van der Waals surface area contributed by atoms with Crippen molar-refractivity contribution < 1.29 is 13.5 Å². The van der Waals surface area contributed by atoms with Gasteiger partial charge in [0.05, 0.1) is 12.6 Å². The molecule has 0 aliphatic heterocycles. The van der Waals surface area contributed by atoms with Gasteiger partial charge in [0, 0.05) is 12.2 Å². The molecule has 3 aromatic rings. The molecule has 1 unspecified atom stereocenters. The van der Waals surface area contributed by atoms with E-state index in [-0.39, 0.29) is 17.8 Å². The number of rotatable bonds is 7. The van der Waals surface area contributed by atoms with E-state index in [9.17, 15) is 13.5 Å². The van der Waals surface area contributed by atoms with Crippen LogP contribution in [-0.2, 0) is 16.3 Å². The SMILES string of the molecule is CS(=O)(=O)c1nc(NC(CO)Cc2ccccc2)c2[nH]c(C3CCCC3)nc2n1. The van der Waals surface area contributed by atoms with Gasteiger partial charge in [-0.15, -0.1) is 0 Å². The van der Waals surface area contributed by atoms with Gasteiger partial charge in [-0.1, -0.05) is 43.2 Å². The van der Waals surface area contributed by atoms with Crippen molar-refractivity contribution in [1.29, 1.82) is 0 Å². The lowest BCUT2D eigenvalue weighted by atomic mass is 10.1. The molecule has 1 aromatic carbocycles. The second kappa shape index (κ2) is 8.08. The van der Waals surface area contributed by atoms with Gasteiger partial charge < -0.3 is 15.4 Å². The molecule has 0 spiro atoms. The molecule has 9 heteroatoms. The van der Waals surface area contributed by atoms with Crippen LogP contribution < -0.4 is 5.32 Å². The molecule has 4 rings (SSSR count). The van der Waals surface area contributed by atoms with Gasteiger partial charge >= 0.3 is 0 Å². The number of nitrogens with one attached hydrogen (secondary N) is 2. The number of aromatic nitrogens is 4. The summed E-state index contributed by atoms with van der Waals surface area (Å²) in [5.74, 6) is 1.50. The van der Waals surface area contributed by atoms with Crippen molar-refractivity contribution in [3.05, 3.63) is 41.7 Å². The molecule has 2 aromatic heterocycles. The summed E-state index contributed by atoms with van der Waals surface area (Å²) in [5, 5.41) is 12.8. The van der Waals surface area contributed by atoms with Crippen LogP contribution in [0, 0.1) is 0 Å². The number of H-pyrrole nitrogens is 1. The average molecular weight is 416 g/mol. The molecule has 29 heavy (non-hydrogen) atoms. The number of aliphatic hydroxyl groups excluding tert-OH is 1. The Bertz CT molecular complexity index is 1090. The lowest BCUT2D eigenvalue weighted by Gasteiger charge is -2.17. The van der Waals surface area contributed by atoms with Gasteiger partial charge in [-0.25, -0.2) is 13.4 Å². The molecule has 0 amide bonds. The van der Waals surface area contributed by atoms with Gasteiger partial charge in [0.15, 0.2) is 11.5 Å². The minimum absolute atomic E-state index is 0.127. The van der Waals surface area contributed by atoms with Crippen molar-refractivity contribution in [1.82, 2.24) is 19.9 Å². The zero-order valence-electron chi connectivity index (χ0n) is 16.3. The number of sulfone groups is 1. The molecule has 1 fully saturated rings. The van der Waals surface area contributed by atoms with E-state index < -0.39 is 9.84 Å². The first-order valence-electron chi connectivity index (χ1n) is 9.83. The second-order valence-corrected chi connectivity index (χ2v) is 9.55. The highest BCUT2D eigenvalue weighted by atomic mass is 32.2. The highest BCUT2D eigenvalue weighted by Gasteiger charge is 2.24. The summed E-state index contributed by atoms with van der Waals surface area (Å²) in [6.07, 6.45) is 6.09. The summed E-state index contributed by atoms with van der Waals surface area (Å²) in [5.41, 5.74) is 1.97. The fourth-order valence-corrected chi connectivity index (χ4v) is 4.32. The Balaban J connectivity index is 1.72. The van der Waals surface area contributed by atoms with Crippen molar-refractivity contribution in [3.8, 4) is 0 Å². The van der Waals surface area contributed by atoms with Crippen LogP contribution in [0.25, 0.3) is 11.2 Å². The van der Waals surface area contributed by atoms with Gasteiger partial charge in [0.2, 0.25) is 9.84 Å². The summed E-state index contributed by atoms with van der Waals surface area (Å²) in [4.78, 5) is 16.3. The number of anilines is 1. The van der Waals surface area contributed by atoms with Crippen LogP contribution in [0.3, 0.4) is 0 Å². The number of nitrogens with zero attached hydrogens (tertiary/aromatic N) is 3. The van der Waals surface area contributed by atoms with Crippen LogP contribution in [0.4, 0.5) is 5.82 Å². The van der Waals surface area contributed by atoms with E-state index >= 15 is 0 Å². The molecule has 1 aliphatic rings. The zero-order chi connectivity index (χ0) is 20.4. The molecular weight excluding hydrogens is 390 g/mol. The number of benzene rings is 1. The molecule has 0 radical (unpaired) electrons. The lowest BCUT2D eigenvalue weighted by molar-refractivity contribution is 0.273. The summed E-state index contributed by atoms with van der Waals surface area (Å²) >= 11 is 0. The number of hydrogen-bond donors (Lipinski definition) is 3. The van der Waals surface area contributed by atoms with Gasteiger partial charge in [0.25, 0.3) is 5.16 Å². The monoisotopic (exact) mass is 415 g/mol. The topological polar surface area (TPSA) is 121 Å². The fraction of sp³-hybridized carbons (Fsp3) is 0.450. The Morgan fingerprint density at radius 1 is 1.17 bits per heavy atom. The van der Waals surface area contributed by atoms with E-state index in [4.69, 9.17) is 0 Å². The maximum absolute atomic E-state index is 12.1. The van der Waals surface area contributed by atoms with Crippen molar-refractivity contribution in [2.45, 2.75) is 49.2 Å². The van der Waals surface area contributed by atoms with E-state index in [0.717, 1.165) is 43.3 Å². The van der Waals surface area contributed by atoms with E-state index in [1.807, 2.05) is 30.3 Å². The Hall–Kier alpha value is -2.52. The van der Waals surface area contributed by atoms with Gasteiger partial charge in [0.1, 0.15) is 11.3 Å². The van der Waals surface area contributed by atoms with E-state index in [2.05, 4.69) is 25.3 Å². The molecule has 1 atom stereocenters. The standard InChI is InChI=1S/C20H25N5O3S/c1-29(27,28)20-24-18(21-15(12-26)11-13-7-3-2-4-8-13)16-19(25-20)23-17(22-16)14-9-5-6-10-14/h2-4,7-8,14-15,26H,5-6,9-12H2,1H3,(H2,21,22,23,24,25). The lowest BCUT2D eigenvalue weighted by Crippen LogP contribution is -2.27. The van der Waals surface area contributed by atoms with Gasteiger partial charge in [-0.3, -0.25) is 0 Å². The predicted octanol–water partition coefficient (Wildman–Crippen LogP) is 2.43. The largest absolute Gasteiger partial charge is 0.394 e. The predicted molar refractivity (Wildman–Crippen MR) is 111 cm³/mol. The van der Waals surface area contributed by atoms with E-state index in [1.54, 1.807) is 0 Å². The van der Waals surface area contributed by atoms with Crippen molar-refractivity contribution in [2.24, 2.45) is 0 Å². The molecular formula is C20H25N5O3S. The van der Waals surface area contributed by atoms with Crippen molar-refractivity contribution in [3.63, 3.8) is 0 Å². The smallest absolute Gasteiger partial charge is 0.250 e.